The van der Waals surface area contributed by atoms with Crippen LogP contribution in [0, 0.1) is 13.8 Å². The molecule has 1 saturated heterocycles. The van der Waals surface area contributed by atoms with Crippen molar-refractivity contribution in [2.24, 2.45) is 0 Å². The van der Waals surface area contributed by atoms with Gasteiger partial charge in [0.25, 0.3) is 5.91 Å². The Morgan fingerprint density at radius 3 is 2.30 bits per heavy atom. The number of anilines is 1. The largest absolute Gasteiger partial charge is 0.322 e. The second-order valence-corrected chi connectivity index (χ2v) is 10.1. The van der Waals surface area contributed by atoms with E-state index in [9.17, 15) is 13.2 Å². The van der Waals surface area contributed by atoms with Crippen LogP contribution in [0.5, 0.6) is 0 Å². The molecule has 1 fully saturated rings. The molecular weight excluding hydrogens is 438 g/mol. The second-order valence-electron chi connectivity index (χ2n) is 8.16. The highest BCUT2D eigenvalue weighted by Crippen LogP contribution is 2.22. The van der Waals surface area contributed by atoms with E-state index in [2.05, 4.69) is 22.2 Å². The SMILES string of the molecule is CCN1CCN(S(=O)(=O)c2ccc(NC(=O)c3cnn(-c4ccccc4C)c3C)cc2)CC1. The summed E-state index contributed by atoms with van der Waals surface area (Å²) < 4.78 is 29.2. The van der Waals surface area contributed by atoms with Crippen LogP contribution in [0.25, 0.3) is 5.69 Å². The maximum atomic E-state index is 13.0. The topological polar surface area (TPSA) is 87.5 Å². The third-order valence-electron chi connectivity index (χ3n) is 6.13. The number of aromatic nitrogens is 2. The van der Waals surface area contributed by atoms with Gasteiger partial charge >= 0.3 is 0 Å². The van der Waals surface area contributed by atoms with Crippen molar-refractivity contribution in [2.45, 2.75) is 25.7 Å². The summed E-state index contributed by atoms with van der Waals surface area (Å²) in [6.07, 6.45) is 1.55. The number of hydrogen-bond acceptors (Lipinski definition) is 5. The number of sulfonamides is 1. The predicted molar refractivity (Wildman–Crippen MR) is 128 cm³/mol. The van der Waals surface area contributed by atoms with Gasteiger partial charge in [0.1, 0.15) is 0 Å². The van der Waals surface area contributed by atoms with Crippen molar-refractivity contribution in [2.75, 3.05) is 38.0 Å². The minimum absolute atomic E-state index is 0.231. The van der Waals surface area contributed by atoms with Crippen LogP contribution in [0.2, 0.25) is 0 Å². The highest BCUT2D eigenvalue weighted by Gasteiger charge is 2.28. The Kier molecular flexibility index (Phi) is 6.64. The number of piperazine rings is 1. The summed E-state index contributed by atoms with van der Waals surface area (Å²) in [7, 11) is -3.55. The molecule has 8 nitrogen and oxygen atoms in total. The zero-order valence-corrected chi connectivity index (χ0v) is 20.0. The number of benzene rings is 2. The summed E-state index contributed by atoms with van der Waals surface area (Å²) in [5, 5.41) is 7.23. The summed E-state index contributed by atoms with van der Waals surface area (Å²) in [6, 6.07) is 14.2. The summed E-state index contributed by atoms with van der Waals surface area (Å²) in [5.74, 6) is -0.293. The van der Waals surface area contributed by atoms with Crippen LogP contribution in [-0.2, 0) is 10.0 Å². The van der Waals surface area contributed by atoms with Gasteiger partial charge in [-0.15, -0.1) is 0 Å². The van der Waals surface area contributed by atoms with Crippen molar-refractivity contribution in [3.05, 3.63) is 71.5 Å². The molecule has 1 N–H and O–H groups in total. The van der Waals surface area contributed by atoms with E-state index in [1.54, 1.807) is 35.1 Å². The van der Waals surface area contributed by atoms with Crippen molar-refractivity contribution in [3.8, 4) is 5.69 Å². The van der Waals surface area contributed by atoms with Gasteiger partial charge in [-0.1, -0.05) is 25.1 Å². The van der Waals surface area contributed by atoms with Gasteiger partial charge in [0.05, 0.1) is 28.0 Å². The van der Waals surface area contributed by atoms with Crippen LogP contribution < -0.4 is 5.32 Å². The van der Waals surface area contributed by atoms with E-state index < -0.39 is 10.0 Å². The van der Waals surface area contributed by atoms with Gasteiger partial charge in [-0.25, -0.2) is 13.1 Å². The molecule has 0 unspecified atom stereocenters. The Balaban J connectivity index is 1.47. The number of amides is 1. The molecule has 33 heavy (non-hydrogen) atoms. The van der Waals surface area contributed by atoms with E-state index in [0.717, 1.165) is 36.6 Å². The van der Waals surface area contributed by atoms with E-state index in [4.69, 9.17) is 0 Å². The van der Waals surface area contributed by atoms with Gasteiger partial charge in [0.15, 0.2) is 0 Å². The van der Waals surface area contributed by atoms with E-state index in [-0.39, 0.29) is 10.8 Å². The number of carbonyl (C=O) groups excluding carboxylic acids is 1. The predicted octanol–water partition coefficient (Wildman–Crippen LogP) is 3.07. The van der Waals surface area contributed by atoms with Gasteiger partial charge in [-0.05, 0) is 56.3 Å². The van der Waals surface area contributed by atoms with Crippen LogP contribution in [0.1, 0.15) is 28.5 Å². The van der Waals surface area contributed by atoms with E-state index in [1.807, 2.05) is 38.1 Å². The molecule has 174 valence electrons. The third kappa shape index (κ3) is 4.71. The molecule has 1 aliphatic heterocycles. The molecule has 4 rings (SSSR count). The average Bonchev–Trinajstić information content (AvgIpc) is 3.21. The van der Waals surface area contributed by atoms with Crippen molar-refractivity contribution in [3.63, 3.8) is 0 Å². The highest BCUT2D eigenvalue weighted by atomic mass is 32.2. The van der Waals surface area contributed by atoms with Crippen LogP contribution in [0.15, 0.2) is 59.6 Å². The third-order valence-corrected chi connectivity index (χ3v) is 8.04. The number of hydrogen-bond donors (Lipinski definition) is 1. The molecule has 0 atom stereocenters. The highest BCUT2D eigenvalue weighted by molar-refractivity contribution is 7.89. The average molecular weight is 468 g/mol. The Hall–Kier alpha value is -3.01. The smallest absolute Gasteiger partial charge is 0.259 e. The first kappa shape index (κ1) is 23.2. The lowest BCUT2D eigenvalue weighted by Crippen LogP contribution is -2.48. The molecule has 1 aliphatic rings. The minimum atomic E-state index is -3.55. The lowest BCUT2D eigenvalue weighted by molar-refractivity contribution is 0.102. The minimum Gasteiger partial charge on any atom is -0.322 e. The number of para-hydroxylation sites is 1. The molecule has 9 heteroatoms. The number of rotatable bonds is 6. The van der Waals surface area contributed by atoms with E-state index >= 15 is 0 Å². The fraction of sp³-hybridized carbons (Fsp3) is 0.333. The maximum absolute atomic E-state index is 13.0. The van der Waals surface area contributed by atoms with Crippen molar-refractivity contribution in [1.29, 1.82) is 0 Å². The quantitative estimate of drug-likeness (QED) is 0.602. The fourth-order valence-corrected chi connectivity index (χ4v) is 5.44. The molecule has 0 aliphatic carbocycles. The van der Waals surface area contributed by atoms with Crippen molar-refractivity contribution in [1.82, 2.24) is 19.0 Å². The first-order valence-corrected chi connectivity index (χ1v) is 12.5. The lowest BCUT2D eigenvalue weighted by Gasteiger charge is -2.33. The summed E-state index contributed by atoms with van der Waals surface area (Å²) in [6.45, 7) is 9.28. The lowest BCUT2D eigenvalue weighted by atomic mass is 10.2. The van der Waals surface area contributed by atoms with Gasteiger partial charge in [-0.3, -0.25) is 4.79 Å². The van der Waals surface area contributed by atoms with E-state index in [0.29, 0.717) is 24.3 Å². The summed E-state index contributed by atoms with van der Waals surface area (Å²) in [4.78, 5) is 15.3. The monoisotopic (exact) mass is 467 g/mol. The zero-order valence-electron chi connectivity index (χ0n) is 19.2. The Morgan fingerprint density at radius 1 is 1.00 bits per heavy atom. The van der Waals surface area contributed by atoms with Gasteiger partial charge in [0.2, 0.25) is 10.0 Å². The summed E-state index contributed by atoms with van der Waals surface area (Å²) in [5.41, 5.74) is 3.70. The summed E-state index contributed by atoms with van der Waals surface area (Å²) >= 11 is 0. The molecule has 0 spiro atoms. The van der Waals surface area contributed by atoms with Crippen LogP contribution in [-0.4, -0.2) is 66.0 Å². The van der Waals surface area contributed by atoms with Crippen LogP contribution in [0.3, 0.4) is 0 Å². The Morgan fingerprint density at radius 2 is 1.67 bits per heavy atom. The number of aryl methyl sites for hydroxylation is 1. The Bertz CT molecular complexity index is 1240. The van der Waals surface area contributed by atoms with Gasteiger partial charge in [-0.2, -0.15) is 9.40 Å². The molecule has 3 aromatic rings. The first-order valence-electron chi connectivity index (χ1n) is 11.1. The van der Waals surface area contributed by atoms with Crippen molar-refractivity contribution < 1.29 is 13.2 Å². The van der Waals surface area contributed by atoms with Gasteiger partial charge in [0, 0.05) is 31.9 Å². The normalized spacial score (nSPS) is 15.5. The number of likely N-dealkylation sites (N-methyl/N-ethyl adjacent to an activating group) is 1. The molecule has 0 radical (unpaired) electrons. The molecule has 1 aromatic heterocycles. The second kappa shape index (κ2) is 9.46. The van der Waals surface area contributed by atoms with Crippen LogP contribution in [0.4, 0.5) is 5.69 Å². The molecule has 2 aromatic carbocycles. The first-order chi connectivity index (χ1) is 15.8. The zero-order chi connectivity index (χ0) is 23.6. The standard InChI is InChI=1S/C24H29N5O3S/c1-4-27-13-15-28(16-14-27)33(31,32)21-11-9-20(10-12-21)26-24(30)22-17-25-29(19(22)3)23-8-6-5-7-18(23)2/h5-12,17H,4,13-16H2,1-3H3,(H,26,30). The Labute approximate surface area is 194 Å². The van der Waals surface area contributed by atoms with Crippen molar-refractivity contribution >= 4 is 21.6 Å². The molecule has 0 saturated carbocycles. The molecule has 0 bridgehead atoms. The number of nitrogens with zero attached hydrogens (tertiary/aromatic N) is 4. The fourth-order valence-electron chi connectivity index (χ4n) is 4.02. The van der Waals surface area contributed by atoms with Crippen LogP contribution >= 0.6 is 0 Å². The molecular formula is C24H29N5O3S. The van der Waals surface area contributed by atoms with Gasteiger partial charge < -0.3 is 10.2 Å². The number of nitrogens with one attached hydrogen (secondary N) is 1. The maximum Gasteiger partial charge on any atom is 0.259 e. The van der Waals surface area contributed by atoms with E-state index in [1.165, 1.54) is 4.31 Å². The number of carbonyl (C=O) groups is 1. The molecule has 1 amide bonds. The molecule has 2 heterocycles.